The molecule has 6 nitrogen and oxygen atoms in total. The number of anilines is 3. The Bertz CT molecular complexity index is 893. The summed E-state index contributed by atoms with van der Waals surface area (Å²) in [6.45, 7) is 2.96. The summed E-state index contributed by atoms with van der Waals surface area (Å²) in [5.74, 6) is 0.497. The number of nitrogens with zero attached hydrogens (tertiary/aromatic N) is 3. The standard InChI is InChI=1S/C22H25N3O.CH2O2/c1-23-12-9-17(10-13-23)22-18-6-4-5-16-11-14-24(21(16)18)19-7-2-3-8-20(19)25(22)15-26;2-1-3/h2-8,15,17,22H,9-14H2,1H3;1H,(H,2,3). The monoisotopic (exact) mass is 393 g/mol. The van der Waals surface area contributed by atoms with Crippen molar-refractivity contribution in [3.05, 3.63) is 53.6 Å². The third-order valence-corrected chi connectivity index (χ3v) is 6.42. The number of likely N-dealkylation sites (tertiary alicyclic amines) is 1. The Morgan fingerprint density at radius 1 is 0.966 bits per heavy atom. The molecular formula is C23H27N3O3. The van der Waals surface area contributed by atoms with Crippen LogP contribution < -0.4 is 9.80 Å². The highest BCUT2D eigenvalue weighted by molar-refractivity contribution is 5.92. The number of para-hydroxylation sites is 3. The lowest BCUT2D eigenvalue weighted by Gasteiger charge is -2.39. The van der Waals surface area contributed by atoms with Crippen LogP contribution in [0.3, 0.4) is 0 Å². The van der Waals surface area contributed by atoms with Crippen LogP contribution in [0.1, 0.15) is 30.0 Å². The van der Waals surface area contributed by atoms with Crippen molar-refractivity contribution in [3.8, 4) is 0 Å². The van der Waals surface area contributed by atoms with Crippen molar-refractivity contribution in [1.29, 1.82) is 0 Å². The summed E-state index contributed by atoms with van der Waals surface area (Å²) in [6.07, 6.45) is 4.41. The molecule has 2 aromatic rings. The Morgan fingerprint density at radius 2 is 1.66 bits per heavy atom. The van der Waals surface area contributed by atoms with Gasteiger partial charge in [0.1, 0.15) is 0 Å². The lowest BCUT2D eigenvalue weighted by molar-refractivity contribution is -0.122. The van der Waals surface area contributed by atoms with Gasteiger partial charge in [0.05, 0.1) is 17.4 Å². The average molecular weight is 393 g/mol. The van der Waals surface area contributed by atoms with E-state index in [1.807, 2.05) is 11.0 Å². The molecule has 2 aromatic carbocycles. The molecule has 1 atom stereocenters. The number of fused-ring (bicyclic) bond motifs is 2. The molecule has 1 unspecified atom stereocenters. The number of hydrogen-bond donors (Lipinski definition) is 1. The number of hydrogen-bond acceptors (Lipinski definition) is 4. The Balaban J connectivity index is 0.000000645. The fourth-order valence-electron chi connectivity index (χ4n) is 5.12. The minimum atomic E-state index is -0.250. The molecule has 3 aliphatic rings. The Kier molecular flexibility index (Phi) is 5.53. The first kappa shape index (κ1) is 19.5. The second-order valence-corrected chi connectivity index (χ2v) is 7.95. The molecule has 0 saturated carbocycles. The molecule has 3 heterocycles. The zero-order valence-electron chi connectivity index (χ0n) is 16.7. The summed E-state index contributed by atoms with van der Waals surface area (Å²) in [7, 11) is 2.19. The Hall–Kier alpha value is -2.86. The molecule has 0 radical (unpaired) electrons. The highest BCUT2D eigenvalue weighted by Crippen LogP contribution is 2.51. The molecule has 1 saturated heterocycles. The van der Waals surface area contributed by atoms with Crippen molar-refractivity contribution >= 4 is 29.9 Å². The zero-order valence-corrected chi connectivity index (χ0v) is 16.7. The summed E-state index contributed by atoms with van der Waals surface area (Å²) in [5.41, 5.74) is 6.32. The SMILES string of the molecule is CN1CCC(C2c3cccc4c3N(CC4)c3ccccc3N2C=O)CC1.O=CO. The number of benzene rings is 2. The second kappa shape index (κ2) is 8.25. The number of carboxylic acid groups (broad SMARTS) is 1. The van der Waals surface area contributed by atoms with Gasteiger partial charge in [-0.25, -0.2) is 0 Å². The molecule has 1 N–H and O–H groups in total. The van der Waals surface area contributed by atoms with E-state index in [2.05, 4.69) is 53.2 Å². The van der Waals surface area contributed by atoms with Crippen molar-refractivity contribution in [2.24, 2.45) is 5.92 Å². The van der Waals surface area contributed by atoms with E-state index in [4.69, 9.17) is 9.90 Å². The number of amides is 1. The maximum atomic E-state index is 12.3. The predicted octanol–water partition coefficient (Wildman–Crippen LogP) is 3.44. The van der Waals surface area contributed by atoms with Gasteiger partial charge in [-0.3, -0.25) is 9.59 Å². The number of carbonyl (C=O) groups excluding carboxylic acids is 1. The second-order valence-electron chi connectivity index (χ2n) is 7.95. The van der Waals surface area contributed by atoms with Crippen LogP contribution in [0, 0.1) is 5.92 Å². The van der Waals surface area contributed by atoms with Gasteiger partial charge in [-0.15, -0.1) is 0 Å². The van der Waals surface area contributed by atoms with Crippen molar-refractivity contribution in [3.63, 3.8) is 0 Å². The van der Waals surface area contributed by atoms with Crippen molar-refractivity contribution in [2.45, 2.75) is 25.3 Å². The quantitative estimate of drug-likeness (QED) is 0.792. The van der Waals surface area contributed by atoms with Crippen molar-refractivity contribution in [2.75, 3.05) is 36.5 Å². The molecule has 1 fully saturated rings. The minimum absolute atomic E-state index is 0.125. The van der Waals surface area contributed by atoms with Gasteiger partial charge in [-0.05, 0) is 68.6 Å². The van der Waals surface area contributed by atoms with E-state index in [1.165, 1.54) is 22.5 Å². The van der Waals surface area contributed by atoms with Crippen LogP contribution in [0.15, 0.2) is 42.5 Å². The van der Waals surface area contributed by atoms with Gasteiger partial charge in [-0.1, -0.05) is 30.3 Å². The summed E-state index contributed by atoms with van der Waals surface area (Å²) in [6, 6.07) is 15.2. The van der Waals surface area contributed by atoms with Crippen LogP contribution in [0.4, 0.5) is 17.1 Å². The number of carbonyl (C=O) groups is 2. The van der Waals surface area contributed by atoms with E-state index in [1.54, 1.807) is 0 Å². The first-order valence-electron chi connectivity index (χ1n) is 10.2. The van der Waals surface area contributed by atoms with Crippen LogP contribution in [0.5, 0.6) is 0 Å². The highest BCUT2D eigenvalue weighted by Gasteiger charge is 2.39. The molecule has 0 aliphatic carbocycles. The van der Waals surface area contributed by atoms with Crippen LogP contribution >= 0.6 is 0 Å². The summed E-state index contributed by atoms with van der Waals surface area (Å²) in [4.78, 5) is 27.5. The van der Waals surface area contributed by atoms with Gasteiger partial charge in [0, 0.05) is 12.2 Å². The lowest BCUT2D eigenvalue weighted by Crippen LogP contribution is -2.39. The normalized spacial score (nSPS) is 20.8. The van der Waals surface area contributed by atoms with Gasteiger partial charge in [0.15, 0.2) is 0 Å². The third-order valence-electron chi connectivity index (χ3n) is 6.42. The molecule has 0 aromatic heterocycles. The molecule has 1 amide bonds. The van der Waals surface area contributed by atoms with E-state index >= 15 is 0 Å². The van der Waals surface area contributed by atoms with E-state index in [0.717, 1.165) is 51.0 Å². The Morgan fingerprint density at radius 3 is 2.34 bits per heavy atom. The van der Waals surface area contributed by atoms with E-state index in [-0.39, 0.29) is 12.5 Å². The first-order valence-corrected chi connectivity index (χ1v) is 10.2. The molecular weight excluding hydrogens is 366 g/mol. The van der Waals surface area contributed by atoms with Gasteiger partial charge in [-0.2, -0.15) is 0 Å². The lowest BCUT2D eigenvalue weighted by atomic mass is 9.83. The van der Waals surface area contributed by atoms with Crippen LogP contribution in [-0.4, -0.2) is 49.6 Å². The van der Waals surface area contributed by atoms with Gasteiger partial charge < -0.3 is 19.8 Å². The maximum absolute atomic E-state index is 12.3. The molecule has 3 aliphatic heterocycles. The molecule has 5 rings (SSSR count). The summed E-state index contributed by atoms with van der Waals surface area (Å²) >= 11 is 0. The first-order chi connectivity index (χ1) is 14.2. The third kappa shape index (κ3) is 3.38. The van der Waals surface area contributed by atoms with Gasteiger partial charge >= 0.3 is 0 Å². The smallest absolute Gasteiger partial charge is 0.290 e. The zero-order chi connectivity index (χ0) is 20.4. The number of rotatable bonds is 2. The van der Waals surface area contributed by atoms with Crippen molar-refractivity contribution < 1.29 is 14.7 Å². The van der Waals surface area contributed by atoms with Gasteiger partial charge in [0.2, 0.25) is 6.41 Å². The van der Waals surface area contributed by atoms with E-state index < -0.39 is 0 Å². The number of piperidine rings is 1. The topological polar surface area (TPSA) is 64.1 Å². The largest absolute Gasteiger partial charge is 0.483 e. The minimum Gasteiger partial charge on any atom is -0.483 e. The van der Waals surface area contributed by atoms with Gasteiger partial charge in [0.25, 0.3) is 6.47 Å². The average Bonchev–Trinajstić information content (AvgIpc) is 3.13. The fraction of sp³-hybridized carbons (Fsp3) is 0.391. The molecule has 6 heteroatoms. The summed E-state index contributed by atoms with van der Waals surface area (Å²) < 4.78 is 0. The van der Waals surface area contributed by atoms with Crippen molar-refractivity contribution in [1.82, 2.24) is 4.90 Å². The van der Waals surface area contributed by atoms with Crippen LogP contribution in [0.2, 0.25) is 0 Å². The molecule has 0 bridgehead atoms. The van der Waals surface area contributed by atoms with E-state index in [0.29, 0.717) is 5.92 Å². The Labute approximate surface area is 171 Å². The molecule has 152 valence electrons. The molecule has 29 heavy (non-hydrogen) atoms. The van der Waals surface area contributed by atoms with Crippen LogP contribution in [-0.2, 0) is 16.0 Å². The molecule has 0 spiro atoms. The maximum Gasteiger partial charge on any atom is 0.290 e. The highest BCUT2D eigenvalue weighted by atomic mass is 16.3. The summed E-state index contributed by atoms with van der Waals surface area (Å²) in [5, 5.41) is 6.89. The van der Waals surface area contributed by atoms with E-state index in [9.17, 15) is 4.79 Å². The fourth-order valence-corrected chi connectivity index (χ4v) is 5.12. The van der Waals surface area contributed by atoms with Crippen LogP contribution in [0.25, 0.3) is 0 Å². The predicted molar refractivity (Wildman–Crippen MR) is 114 cm³/mol.